The van der Waals surface area contributed by atoms with E-state index in [0.717, 1.165) is 35.7 Å². The molecule has 5 heteroatoms. The molecular weight excluding hydrogens is 240 g/mol. The van der Waals surface area contributed by atoms with Crippen molar-refractivity contribution in [3.63, 3.8) is 0 Å². The SMILES string of the molecule is CSc1ccsc1C(=O)NC1CCCNC1. The van der Waals surface area contributed by atoms with Crippen LogP contribution < -0.4 is 10.6 Å². The van der Waals surface area contributed by atoms with Crippen molar-refractivity contribution < 1.29 is 4.79 Å². The van der Waals surface area contributed by atoms with E-state index in [2.05, 4.69) is 10.6 Å². The van der Waals surface area contributed by atoms with Crippen LogP contribution >= 0.6 is 23.1 Å². The lowest BCUT2D eigenvalue weighted by atomic mass is 10.1. The average Bonchev–Trinajstić information content (AvgIpc) is 2.78. The number of carbonyl (C=O) groups is 1. The Hall–Kier alpha value is -0.520. The molecule has 1 atom stereocenters. The van der Waals surface area contributed by atoms with Gasteiger partial charge in [-0.1, -0.05) is 0 Å². The number of thiophene rings is 1. The van der Waals surface area contributed by atoms with E-state index in [-0.39, 0.29) is 11.9 Å². The fourth-order valence-corrected chi connectivity index (χ4v) is 3.50. The molecule has 1 aliphatic heterocycles. The maximum absolute atomic E-state index is 12.0. The summed E-state index contributed by atoms with van der Waals surface area (Å²) >= 11 is 3.14. The molecule has 2 N–H and O–H groups in total. The quantitative estimate of drug-likeness (QED) is 0.812. The zero-order valence-corrected chi connectivity index (χ0v) is 10.9. The van der Waals surface area contributed by atoms with Gasteiger partial charge < -0.3 is 10.6 Å². The summed E-state index contributed by atoms with van der Waals surface area (Å²) in [6.07, 6.45) is 4.23. The Kier molecular flexibility index (Phi) is 4.26. The molecule has 3 nitrogen and oxygen atoms in total. The third-order valence-electron chi connectivity index (χ3n) is 2.69. The number of amides is 1. The molecule has 2 rings (SSSR count). The molecule has 1 saturated heterocycles. The molecule has 0 bridgehead atoms. The summed E-state index contributed by atoms with van der Waals surface area (Å²) in [6.45, 7) is 1.97. The molecule has 1 unspecified atom stereocenters. The Morgan fingerprint density at radius 2 is 2.56 bits per heavy atom. The highest BCUT2D eigenvalue weighted by Crippen LogP contribution is 2.25. The van der Waals surface area contributed by atoms with Crippen LogP contribution in [0.3, 0.4) is 0 Å². The first-order chi connectivity index (χ1) is 7.81. The highest BCUT2D eigenvalue weighted by atomic mass is 32.2. The molecule has 0 spiro atoms. The second-order valence-corrected chi connectivity index (χ2v) is 5.60. The number of carbonyl (C=O) groups excluding carboxylic acids is 1. The molecule has 1 aromatic rings. The Morgan fingerprint density at radius 1 is 1.69 bits per heavy atom. The topological polar surface area (TPSA) is 41.1 Å². The maximum atomic E-state index is 12.0. The fourth-order valence-electron chi connectivity index (χ4n) is 1.85. The van der Waals surface area contributed by atoms with Crippen molar-refractivity contribution >= 4 is 29.0 Å². The third kappa shape index (κ3) is 2.78. The number of hydrogen-bond donors (Lipinski definition) is 2. The Balaban J connectivity index is 1.96. The minimum Gasteiger partial charge on any atom is -0.347 e. The molecule has 1 fully saturated rings. The second kappa shape index (κ2) is 5.70. The second-order valence-electron chi connectivity index (χ2n) is 3.83. The van der Waals surface area contributed by atoms with E-state index in [0.29, 0.717) is 0 Å². The Bertz CT molecular complexity index is 359. The number of thioether (sulfide) groups is 1. The van der Waals surface area contributed by atoms with Crippen molar-refractivity contribution in [3.8, 4) is 0 Å². The Morgan fingerprint density at radius 3 is 3.25 bits per heavy atom. The average molecular weight is 256 g/mol. The molecule has 0 aromatic carbocycles. The van der Waals surface area contributed by atoms with Gasteiger partial charge in [0.25, 0.3) is 5.91 Å². The number of rotatable bonds is 3. The lowest BCUT2D eigenvalue weighted by molar-refractivity contribution is 0.0932. The van der Waals surface area contributed by atoms with Crippen LogP contribution in [0.15, 0.2) is 16.3 Å². The number of nitrogens with one attached hydrogen (secondary N) is 2. The van der Waals surface area contributed by atoms with Gasteiger partial charge in [0.1, 0.15) is 4.88 Å². The van der Waals surface area contributed by atoms with Crippen molar-refractivity contribution in [3.05, 3.63) is 16.3 Å². The van der Waals surface area contributed by atoms with Crippen LogP contribution in [0.25, 0.3) is 0 Å². The van der Waals surface area contributed by atoms with E-state index in [4.69, 9.17) is 0 Å². The van der Waals surface area contributed by atoms with Gasteiger partial charge in [-0.2, -0.15) is 0 Å². The van der Waals surface area contributed by atoms with E-state index < -0.39 is 0 Å². The van der Waals surface area contributed by atoms with Crippen LogP contribution in [0.2, 0.25) is 0 Å². The molecular formula is C11H16N2OS2. The maximum Gasteiger partial charge on any atom is 0.262 e. The Labute approximate surface area is 104 Å². The van der Waals surface area contributed by atoms with Gasteiger partial charge >= 0.3 is 0 Å². The van der Waals surface area contributed by atoms with Crippen molar-refractivity contribution in [1.29, 1.82) is 0 Å². The normalized spacial score (nSPS) is 20.7. The van der Waals surface area contributed by atoms with Crippen LogP contribution in [-0.2, 0) is 0 Å². The predicted molar refractivity (Wildman–Crippen MR) is 69.5 cm³/mol. The van der Waals surface area contributed by atoms with Crippen molar-refractivity contribution in [2.24, 2.45) is 0 Å². The van der Waals surface area contributed by atoms with Gasteiger partial charge in [0.05, 0.1) is 0 Å². The minimum atomic E-state index is 0.0769. The first-order valence-electron chi connectivity index (χ1n) is 5.44. The van der Waals surface area contributed by atoms with Crippen LogP contribution in [-0.4, -0.2) is 31.3 Å². The summed E-state index contributed by atoms with van der Waals surface area (Å²) in [5.74, 6) is 0.0769. The van der Waals surface area contributed by atoms with Gasteiger partial charge in [0, 0.05) is 17.5 Å². The third-order valence-corrected chi connectivity index (χ3v) is 4.51. The van der Waals surface area contributed by atoms with E-state index >= 15 is 0 Å². The molecule has 0 saturated carbocycles. The van der Waals surface area contributed by atoms with Crippen molar-refractivity contribution in [2.45, 2.75) is 23.8 Å². The van der Waals surface area contributed by atoms with Gasteiger partial charge in [-0.05, 0) is 37.1 Å². The van der Waals surface area contributed by atoms with Gasteiger partial charge in [-0.25, -0.2) is 0 Å². The summed E-state index contributed by atoms with van der Waals surface area (Å²) in [4.78, 5) is 13.9. The molecule has 88 valence electrons. The van der Waals surface area contributed by atoms with E-state index in [1.54, 1.807) is 11.8 Å². The van der Waals surface area contributed by atoms with Crippen LogP contribution in [0, 0.1) is 0 Å². The molecule has 16 heavy (non-hydrogen) atoms. The van der Waals surface area contributed by atoms with Crippen molar-refractivity contribution in [2.75, 3.05) is 19.3 Å². The lowest BCUT2D eigenvalue weighted by Gasteiger charge is -2.23. The molecule has 2 heterocycles. The summed E-state index contributed by atoms with van der Waals surface area (Å²) in [7, 11) is 0. The zero-order chi connectivity index (χ0) is 11.4. The monoisotopic (exact) mass is 256 g/mol. The van der Waals surface area contributed by atoms with Crippen LogP contribution in [0.5, 0.6) is 0 Å². The van der Waals surface area contributed by atoms with Crippen molar-refractivity contribution in [1.82, 2.24) is 10.6 Å². The van der Waals surface area contributed by atoms with Gasteiger partial charge in [-0.3, -0.25) is 4.79 Å². The predicted octanol–water partition coefficient (Wildman–Crippen LogP) is 1.95. The molecule has 0 aliphatic carbocycles. The van der Waals surface area contributed by atoms with E-state index in [1.165, 1.54) is 11.3 Å². The van der Waals surface area contributed by atoms with Crippen LogP contribution in [0.4, 0.5) is 0 Å². The fraction of sp³-hybridized carbons (Fsp3) is 0.545. The minimum absolute atomic E-state index is 0.0769. The highest BCUT2D eigenvalue weighted by molar-refractivity contribution is 7.98. The standard InChI is InChI=1S/C11H16N2OS2/c1-15-9-4-6-16-10(9)11(14)13-8-3-2-5-12-7-8/h4,6,8,12H,2-3,5,7H2,1H3,(H,13,14). The van der Waals surface area contributed by atoms with Crippen LogP contribution in [0.1, 0.15) is 22.5 Å². The summed E-state index contributed by atoms with van der Waals surface area (Å²) in [5, 5.41) is 8.36. The number of piperidine rings is 1. The zero-order valence-electron chi connectivity index (χ0n) is 9.29. The van der Waals surface area contributed by atoms with E-state index in [9.17, 15) is 4.79 Å². The van der Waals surface area contributed by atoms with Gasteiger partial charge in [0.2, 0.25) is 0 Å². The van der Waals surface area contributed by atoms with E-state index in [1.807, 2.05) is 17.7 Å². The molecule has 1 aliphatic rings. The van der Waals surface area contributed by atoms with Gasteiger partial charge in [-0.15, -0.1) is 23.1 Å². The summed E-state index contributed by atoms with van der Waals surface area (Å²) in [5.41, 5.74) is 0. The first kappa shape index (κ1) is 12.0. The highest BCUT2D eigenvalue weighted by Gasteiger charge is 2.18. The summed E-state index contributed by atoms with van der Waals surface area (Å²) < 4.78 is 0. The first-order valence-corrected chi connectivity index (χ1v) is 7.55. The molecule has 0 radical (unpaired) electrons. The van der Waals surface area contributed by atoms with Gasteiger partial charge in [0.15, 0.2) is 0 Å². The molecule has 1 amide bonds. The largest absolute Gasteiger partial charge is 0.347 e. The smallest absolute Gasteiger partial charge is 0.262 e. The molecule has 1 aromatic heterocycles. The summed E-state index contributed by atoms with van der Waals surface area (Å²) in [6, 6.07) is 2.29. The lowest BCUT2D eigenvalue weighted by Crippen LogP contribution is -2.45. The number of hydrogen-bond acceptors (Lipinski definition) is 4.